The van der Waals surface area contributed by atoms with Gasteiger partial charge in [0, 0.05) is 25.3 Å². The molecule has 24 heavy (non-hydrogen) atoms. The number of aryl methyl sites for hydroxylation is 1. The van der Waals surface area contributed by atoms with Gasteiger partial charge in [-0.05, 0) is 31.9 Å². The van der Waals surface area contributed by atoms with Crippen LogP contribution >= 0.6 is 12.4 Å². The van der Waals surface area contributed by atoms with Crippen molar-refractivity contribution >= 4 is 35.9 Å². The molecule has 0 saturated carbocycles. The number of halogens is 1. The molecule has 1 saturated heterocycles. The van der Waals surface area contributed by atoms with Gasteiger partial charge in [-0.1, -0.05) is 17.7 Å². The second kappa shape index (κ2) is 8.65. The lowest BCUT2D eigenvalue weighted by Crippen LogP contribution is -2.22. The predicted octanol–water partition coefficient (Wildman–Crippen LogP) is 2.35. The first kappa shape index (κ1) is 18.2. The van der Waals surface area contributed by atoms with Gasteiger partial charge in [0.05, 0.1) is 6.61 Å². The van der Waals surface area contributed by atoms with E-state index in [-0.39, 0.29) is 19.0 Å². The van der Waals surface area contributed by atoms with Crippen LogP contribution in [0, 0.1) is 6.92 Å². The van der Waals surface area contributed by atoms with Crippen LogP contribution < -0.4 is 15.5 Å². The number of hydrogen-bond donors (Lipinski definition) is 3. The van der Waals surface area contributed by atoms with Gasteiger partial charge in [-0.25, -0.2) is 0 Å². The number of nitrogens with one attached hydrogen (secondary N) is 2. The lowest BCUT2D eigenvalue weighted by molar-refractivity contribution is 0.311. The molecule has 3 rings (SSSR count). The molecule has 0 radical (unpaired) electrons. The summed E-state index contributed by atoms with van der Waals surface area (Å²) >= 11 is 0. The number of anilines is 4. The van der Waals surface area contributed by atoms with Gasteiger partial charge in [0.25, 0.3) is 0 Å². The van der Waals surface area contributed by atoms with Crippen LogP contribution in [-0.2, 0) is 0 Å². The van der Waals surface area contributed by atoms with Gasteiger partial charge in [-0.3, -0.25) is 0 Å². The molecule has 0 aliphatic carbocycles. The molecule has 3 N–H and O–H groups in total. The quantitative estimate of drug-likeness (QED) is 0.737. The number of nitrogens with zero attached hydrogens (tertiary/aromatic N) is 4. The lowest BCUT2D eigenvalue weighted by Gasteiger charge is -2.17. The highest BCUT2D eigenvalue weighted by molar-refractivity contribution is 5.85. The van der Waals surface area contributed by atoms with E-state index < -0.39 is 0 Å². The molecule has 1 aromatic heterocycles. The van der Waals surface area contributed by atoms with Crippen molar-refractivity contribution in [3.63, 3.8) is 0 Å². The van der Waals surface area contributed by atoms with E-state index in [2.05, 4.69) is 37.4 Å². The third-order valence-corrected chi connectivity index (χ3v) is 3.72. The van der Waals surface area contributed by atoms with Gasteiger partial charge in [-0.15, -0.1) is 12.4 Å². The van der Waals surface area contributed by atoms with Gasteiger partial charge in [0.15, 0.2) is 0 Å². The average Bonchev–Trinajstić information content (AvgIpc) is 3.09. The van der Waals surface area contributed by atoms with Crippen LogP contribution in [0.3, 0.4) is 0 Å². The Hall–Kier alpha value is -2.12. The van der Waals surface area contributed by atoms with E-state index in [0.717, 1.165) is 31.6 Å². The summed E-state index contributed by atoms with van der Waals surface area (Å²) in [6.07, 6.45) is 2.32. The molecule has 0 amide bonds. The SMILES string of the molecule is Cc1ccc(Nc2nc(NCCO)nc(N3CCCC3)n2)cc1.Cl. The third kappa shape index (κ3) is 4.69. The van der Waals surface area contributed by atoms with E-state index in [1.807, 2.05) is 24.3 Å². The number of aliphatic hydroxyl groups is 1. The molecular weight excluding hydrogens is 328 g/mol. The van der Waals surface area contributed by atoms with Crippen molar-refractivity contribution in [1.29, 1.82) is 0 Å². The van der Waals surface area contributed by atoms with E-state index in [1.54, 1.807) is 0 Å². The normalized spacial score (nSPS) is 13.5. The summed E-state index contributed by atoms with van der Waals surface area (Å²) in [6, 6.07) is 8.07. The first-order chi connectivity index (χ1) is 11.2. The zero-order valence-corrected chi connectivity index (χ0v) is 14.5. The Labute approximate surface area is 148 Å². The highest BCUT2D eigenvalue weighted by Crippen LogP contribution is 2.21. The van der Waals surface area contributed by atoms with Crippen LogP contribution in [0.1, 0.15) is 18.4 Å². The first-order valence-electron chi connectivity index (χ1n) is 7.94. The number of aromatic nitrogens is 3. The summed E-state index contributed by atoms with van der Waals surface area (Å²) < 4.78 is 0. The van der Waals surface area contributed by atoms with E-state index >= 15 is 0 Å². The predicted molar refractivity (Wildman–Crippen MR) is 98.6 cm³/mol. The molecule has 2 heterocycles. The highest BCUT2D eigenvalue weighted by Gasteiger charge is 2.17. The summed E-state index contributed by atoms with van der Waals surface area (Å²) in [5, 5.41) is 15.2. The Kier molecular flexibility index (Phi) is 6.57. The van der Waals surface area contributed by atoms with E-state index in [9.17, 15) is 0 Å². The molecule has 0 bridgehead atoms. The molecule has 0 atom stereocenters. The fourth-order valence-corrected chi connectivity index (χ4v) is 2.49. The van der Waals surface area contributed by atoms with Crippen molar-refractivity contribution in [2.24, 2.45) is 0 Å². The van der Waals surface area contributed by atoms with E-state index in [1.165, 1.54) is 5.56 Å². The first-order valence-corrected chi connectivity index (χ1v) is 7.94. The van der Waals surface area contributed by atoms with Gasteiger partial charge in [0.2, 0.25) is 17.8 Å². The maximum atomic E-state index is 8.98. The Morgan fingerprint density at radius 2 is 1.71 bits per heavy atom. The smallest absolute Gasteiger partial charge is 0.233 e. The molecule has 1 aliphatic rings. The van der Waals surface area contributed by atoms with Crippen molar-refractivity contribution < 1.29 is 5.11 Å². The van der Waals surface area contributed by atoms with Crippen LogP contribution in [0.25, 0.3) is 0 Å². The molecule has 1 aliphatic heterocycles. The van der Waals surface area contributed by atoms with Gasteiger partial charge in [-0.2, -0.15) is 15.0 Å². The molecule has 1 fully saturated rings. The number of rotatable bonds is 6. The minimum Gasteiger partial charge on any atom is -0.395 e. The molecule has 8 heteroatoms. The fourth-order valence-electron chi connectivity index (χ4n) is 2.49. The summed E-state index contributed by atoms with van der Waals surface area (Å²) in [5.41, 5.74) is 2.14. The summed E-state index contributed by atoms with van der Waals surface area (Å²) in [5.74, 6) is 1.66. The summed E-state index contributed by atoms with van der Waals surface area (Å²) in [6.45, 7) is 4.43. The Morgan fingerprint density at radius 1 is 1.04 bits per heavy atom. The summed E-state index contributed by atoms with van der Waals surface area (Å²) in [7, 11) is 0. The monoisotopic (exact) mass is 350 g/mol. The summed E-state index contributed by atoms with van der Waals surface area (Å²) in [4.78, 5) is 15.5. The minimum absolute atomic E-state index is 0. The second-order valence-electron chi connectivity index (χ2n) is 5.62. The van der Waals surface area contributed by atoms with Crippen LogP contribution in [0.5, 0.6) is 0 Å². The van der Waals surface area contributed by atoms with Crippen molar-refractivity contribution in [1.82, 2.24) is 15.0 Å². The molecule has 0 spiro atoms. The van der Waals surface area contributed by atoms with Gasteiger partial charge in [0.1, 0.15) is 0 Å². The third-order valence-electron chi connectivity index (χ3n) is 3.72. The van der Waals surface area contributed by atoms with Gasteiger partial charge < -0.3 is 20.6 Å². The topological polar surface area (TPSA) is 86.2 Å². The van der Waals surface area contributed by atoms with Crippen molar-refractivity contribution in [3.05, 3.63) is 29.8 Å². The zero-order valence-electron chi connectivity index (χ0n) is 13.7. The lowest BCUT2D eigenvalue weighted by atomic mass is 10.2. The van der Waals surface area contributed by atoms with E-state index in [4.69, 9.17) is 5.11 Å². The van der Waals surface area contributed by atoms with Crippen molar-refractivity contribution in [3.8, 4) is 0 Å². The van der Waals surface area contributed by atoms with Crippen LogP contribution in [0.2, 0.25) is 0 Å². The number of hydrogen-bond acceptors (Lipinski definition) is 7. The average molecular weight is 351 g/mol. The molecule has 130 valence electrons. The molecular formula is C16H23ClN6O. The van der Waals surface area contributed by atoms with Crippen LogP contribution in [0.15, 0.2) is 24.3 Å². The zero-order chi connectivity index (χ0) is 16.1. The van der Waals surface area contributed by atoms with E-state index in [0.29, 0.717) is 24.4 Å². The fraction of sp³-hybridized carbons (Fsp3) is 0.438. The molecule has 7 nitrogen and oxygen atoms in total. The highest BCUT2D eigenvalue weighted by atomic mass is 35.5. The second-order valence-corrected chi connectivity index (χ2v) is 5.62. The number of benzene rings is 1. The van der Waals surface area contributed by atoms with Crippen molar-refractivity contribution in [2.45, 2.75) is 19.8 Å². The Balaban J connectivity index is 0.00000208. The van der Waals surface area contributed by atoms with Gasteiger partial charge >= 0.3 is 0 Å². The Bertz CT molecular complexity index is 646. The minimum atomic E-state index is 0. The standard InChI is InChI=1S/C16H22N6O.ClH/c1-12-4-6-13(7-5-12)18-15-19-14(17-8-11-23)20-16(21-15)22-9-2-3-10-22;/h4-7,23H,2-3,8-11H2,1H3,(H2,17,18,19,20,21);1H. The largest absolute Gasteiger partial charge is 0.395 e. The maximum absolute atomic E-state index is 8.98. The van der Waals surface area contributed by atoms with Crippen LogP contribution in [-0.4, -0.2) is 46.3 Å². The Morgan fingerprint density at radius 3 is 2.38 bits per heavy atom. The molecule has 0 unspecified atom stereocenters. The molecule has 1 aromatic carbocycles. The van der Waals surface area contributed by atoms with Crippen LogP contribution in [0.4, 0.5) is 23.5 Å². The molecule has 2 aromatic rings. The number of aliphatic hydroxyl groups excluding tert-OH is 1. The van der Waals surface area contributed by atoms with Crippen molar-refractivity contribution in [2.75, 3.05) is 41.8 Å². The maximum Gasteiger partial charge on any atom is 0.233 e.